The molecule has 2 atom stereocenters. The van der Waals surface area contributed by atoms with E-state index >= 15 is 0 Å². The third-order valence-corrected chi connectivity index (χ3v) is 6.47. The lowest BCUT2D eigenvalue weighted by molar-refractivity contribution is 0.259. The number of nitrogens with two attached hydrogens (primary N) is 1. The van der Waals surface area contributed by atoms with Crippen molar-refractivity contribution >= 4 is 16.6 Å². The summed E-state index contributed by atoms with van der Waals surface area (Å²) in [5.41, 5.74) is 11.3. The van der Waals surface area contributed by atoms with Crippen molar-refractivity contribution < 1.29 is 0 Å². The van der Waals surface area contributed by atoms with E-state index < -0.39 is 0 Å². The quantitative estimate of drug-likeness (QED) is 0.540. The van der Waals surface area contributed by atoms with Gasteiger partial charge in [0.2, 0.25) is 0 Å². The molecule has 1 aliphatic rings. The molecule has 0 aliphatic carbocycles. The monoisotopic (exact) mass is 414 g/mol. The average Bonchev–Trinajstić information content (AvgIpc) is 3.37. The fourth-order valence-corrected chi connectivity index (χ4v) is 4.58. The van der Waals surface area contributed by atoms with Gasteiger partial charge in [-0.05, 0) is 42.0 Å². The van der Waals surface area contributed by atoms with E-state index in [1.807, 2.05) is 12.1 Å². The van der Waals surface area contributed by atoms with Gasteiger partial charge >= 0.3 is 0 Å². The summed E-state index contributed by atoms with van der Waals surface area (Å²) in [6.45, 7) is 10.9. The maximum absolute atomic E-state index is 6.13. The van der Waals surface area contributed by atoms with Gasteiger partial charge in [-0.25, -0.2) is 4.98 Å². The number of hydrogen-bond acceptors (Lipinski definition) is 5. The van der Waals surface area contributed by atoms with Crippen LogP contribution in [0.3, 0.4) is 0 Å². The van der Waals surface area contributed by atoms with Gasteiger partial charge in [-0.15, -0.1) is 10.2 Å². The minimum absolute atomic E-state index is 0.0111. The summed E-state index contributed by atoms with van der Waals surface area (Å²) in [7, 11) is 0. The van der Waals surface area contributed by atoms with Crippen LogP contribution >= 0.6 is 0 Å². The topological polar surface area (TPSA) is 72.3 Å². The molecule has 1 saturated heterocycles. The number of rotatable bonds is 3. The van der Waals surface area contributed by atoms with Crippen molar-refractivity contribution in [1.29, 1.82) is 0 Å². The summed E-state index contributed by atoms with van der Waals surface area (Å²) >= 11 is 0. The number of para-hydroxylation sites is 1. The van der Waals surface area contributed by atoms with Gasteiger partial charge in [-0.2, -0.15) is 0 Å². The molecule has 0 saturated carbocycles. The number of likely N-dealkylation sites (tertiary alicyclic amines) is 1. The summed E-state index contributed by atoms with van der Waals surface area (Å²) in [6.07, 6.45) is 3.21. The van der Waals surface area contributed by atoms with Gasteiger partial charge in [0.05, 0.1) is 5.52 Å². The van der Waals surface area contributed by atoms with Crippen LogP contribution in [-0.4, -0.2) is 43.6 Å². The Bertz CT molecular complexity index is 1250. The zero-order valence-corrected chi connectivity index (χ0v) is 18.7. The minimum atomic E-state index is 0.0111. The first-order chi connectivity index (χ1) is 14.8. The summed E-state index contributed by atoms with van der Waals surface area (Å²) < 4.78 is 2.07. The summed E-state index contributed by atoms with van der Waals surface area (Å²) in [5.74, 6) is 0.771. The Morgan fingerprint density at radius 3 is 2.65 bits per heavy atom. The number of aromatic nitrogens is 4. The van der Waals surface area contributed by atoms with Crippen LogP contribution in [0.15, 0.2) is 48.7 Å². The van der Waals surface area contributed by atoms with E-state index in [4.69, 9.17) is 10.7 Å². The Morgan fingerprint density at radius 1 is 1.06 bits per heavy atom. The van der Waals surface area contributed by atoms with Gasteiger partial charge < -0.3 is 5.73 Å². The maximum atomic E-state index is 6.13. The summed E-state index contributed by atoms with van der Waals surface area (Å²) in [6, 6.07) is 15.3. The Hall–Kier alpha value is -2.83. The number of benzene rings is 1. The van der Waals surface area contributed by atoms with Crippen LogP contribution in [0, 0.1) is 0 Å². The fraction of sp³-hybridized carbons (Fsp3) is 0.400. The molecule has 6 heteroatoms. The van der Waals surface area contributed by atoms with Crippen LogP contribution in [-0.2, 0) is 5.41 Å². The lowest BCUT2D eigenvalue weighted by atomic mass is 9.85. The van der Waals surface area contributed by atoms with Crippen molar-refractivity contribution in [3.05, 3.63) is 59.8 Å². The highest BCUT2D eigenvalue weighted by atomic mass is 15.3. The standard InChI is InChI=1S/C25H30N6/c1-16(30-13-12-19(26)15-30)18-9-11-22-28-29-24(31(22)14-18)21-10-8-17-6-5-7-20(23(17)27-21)25(2,3)4/h5-11,14,16,19H,12-13,15,26H2,1-4H3/t16?,19-/m0/s1. The zero-order chi connectivity index (χ0) is 21.8. The first-order valence-corrected chi connectivity index (χ1v) is 11.1. The molecule has 160 valence electrons. The molecule has 1 unspecified atom stereocenters. The molecule has 0 radical (unpaired) electrons. The van der Waals surface area contributed by atoms with E-state index in [9.17, 15) is 0 Å². The van der Waals surface area contributed by atoms with E-state index in [-0.39, 0.29) is 11.5 Å². The predicted molar refractivity (Wildman–Crippen MR) is 125 cm³/mol. The summed E-state index contributed by atoms with van der Waals surface area (Å²) in [5, 5.41) is 10.0. The number of hydrogen-bond donors (Lipinski definition) is 1. The van der Waals surface area contributed by atoms with Crippen LogP contribution in [0.25, 0.3) is 28.1 Å². The molecule has 0 bridgehead atoms. The molecule has 1 fully saturated rings. The molecule has 0 spiro atoms. The van der Waals surface area contributed by atoms with Crippen molar-refractivity contribution in [3.63, 3.8) is 0 Å². The number of nitrogens with zero attached hydrogens (tertiary/aromatic N) is 5. The van der Waals surface area contributed by atoms with Gasteiger partial charge in [0.15, 0.2) is 11.5 Å². The molecule has 6 nitrogen and oxygen atoms in total. The molecule has 2 N–H and O–H groups in total. The van der Waals surface area contributed by atoms with Gasteiger partial charge in [0.1, 0.15) is 5.69 Å². The Balaban J connectivity index is 1.59. The third kappa shape index (κ3) is 3.60. The lowest BCUT2D eigenvalue weighted by Gasteiger charge is -2.24. The molecule has 3 aromatic heterocycles. The molecular formula is C25H30N6. The zero-order valence-electron chi connectivity index (χ0n) is 18.7. The highest BCUT2D eigenvalue weighted by molar-refractivity contribution is 5.84. The lowest BCUT2D eigenvalue weighted by Crippen LogP contribution is -2.28. The predicted octanol–water partition coefficient (Wildman–Crippen LogP) is 4.34. The Labute approximate surface area is 183 Å². The van der Waals surface area contributed by atoms with Crippen molar-refractivity contribution in [1.82, 2.24) is 24.5 Å². The molecule has 31 heavy (non-hydrogen) atoms. The van der Waals surface area contributed by atoms with Crippen LogP contribution in [0.2, 0.25) is 0 Å². The molecule has 4 heterocycles. The van der Waals surface area contributed by atoms with Gasteiger partial charge in [0.25, 0.3) is 0 Å². The van der Waals surface area contributed by atoms with Crippen LogP contribution in [0.1, 0.15) is 51.3 Å². The van der Waals surface area contributed by atoms with E-state index in [1.54, 1.807) is 0 Å². The van der Waals surface area contributed by atoms with Crippen molar-refractivity contribution in [2.75, 3.05) is 13.1 Å². The second-order valence-electron chi connectivity index (χ2n) is 9.76. The average molecular weight is 415 g/mol. The third-order valence-electron chi connectivity index (χ3n) is 6.47. The summed E-state index contributed by atoms with van der Waals surface area (Å²) in [4.78, 5) is 7.49. The van der Waals surface area contributed by atoms with Gasteiger partial charge in [-0.3, -0.25) is 9.30 Å². The highest BCUT2D eigenvalue weighted by Gasteiger charge is 2.25. The largest absolute Gasteiger partial charge is 0.326 e. The van der Waals surface area contributed by atoms with Crippen molar-refractivity contribution in [3.8, 4) is 11.5 Å². The van der Waals surface area contributed by atoms with Crippen LogP contribution < -0.4 is 5.73 Å². The molecular weight excluding hydrogens is 384 g/mol. The smallest absolute Gasteiger partial charge is 0.187 e. The maximum Gasteiger partial charge on any atom is 0.187 e. The fourth-order valence-electron chi connectivity index (χ4n) is 4.58. The molecule has 5 rings (SSSR count). The van der Waals surface area contributed by atoms with Crippen LogP contribution in [0.4, 0.5) is 0 Å². The van der Waals surface area contributed by atoms with E-state index in [0.29, 0.717) is 6.04 Å². The minimum Gasteiger partial charge on any atom is -0.326 e. The molecule has 0 amide bonds. The first-order valence-electron chi connectivity index (χ1n) is 11.1. The second-order valence-corrected chi connectivity index (χ2v) is 9.76. The van der Waals surface area contributed by atoms with Crippen LogP contribution in [0.5, 0.6) is 0 Å². The molecule has 4 aromatic rings. The van der Waals surface area contributed by atoms with Crippen molar-refractivity contribution in [2.45, 2.75) is 51.6 Å². The van der Waals surface area contributed by atoms with Gasteiger partial charge in [0, 0.05) is 36.8 Å². The Morgan fingerprint density at radius 2 is 1.90 bits per heavy atom. The Kier molecular flexibility index (Phi) is 4.79. The number of pyridine rings is 2. The SMILES string of the molecule is CC(c1ccc2nnc(-c3ccc4cccc(C(C)(C)C)c4n3)n2c1)N1CC[C@H](N)C1. The first kappa shape index (κ1) is 20.1. The van der Waals surface area contributed by atoms with E-state index in [1.165, 1.54) is 11.1 Å². The second kappa shape index (κ2) is 7.39. The molecule has 1 aromatic carbocycles. The van der Waals surface area contributed by atoms with Crippen molar-refractivity contribution in [2.24, 2.45) is 5.73 Å². The van der Waals surface area contributed by atoms with E-state index in [0.717, 1.165) is 47.6 Å². The van der Waals surface area contributed by atoms with Gasteiger partial charge in [-0.1, -0.05) is 51.1 Å². The highest BCUT2D eigenvalue weighted by Crippen LogP contribution is 2.31. The van der Waals surface area contributed by atoms with E-state index in [2.05, 4.69) is 83.7 Å². The number of fused-ring (bicyclic) bond motifs is 2. The molecule has 1 aliphatic heterocycles. The normalized spacial score (nSPS) is 18.8.